The molecule has 8 nitrogen and oxygen atoms in total. The number of rotatable bonds is 7. The highest BCUT2D eigenvalue weighted by molar-refractivity contribution is 6.30. The zero-order valence-electron chi connectivity index (χ0n) is 18.0. The lowest BCUT2D eigenvalue weighted by Gasteiger charge is -2.56. The molecule has 3 unspecified atom stereocenters. The summed E-state index contributed by atoms with van der Waals surface area (Å²) >= 11 is 5.65. The Kier molecular flexibility index (Phi) is 6.63. The first-order valence-corrected chi connectivity index (χ1v) is 11.4. The average Bonchev–Trinajstić information content (AvgIpc) is 3.25. The van der Waals surface area contributed by atoms with Crippen LogP contribution in [0.2, 0.25) is 5.02 Å². The molecule has 2 amide bonds. The number of carbonyl (C=O) groups is 2. The summed E-state index contributed by atoms with van der Waals surface area (Å²) in [4.78, 5) is 30.6. The number of carbonyl (C=O) groups excluding carboxylic acids is 2. The van der Waals surface area contributed by atoms with Gasteiger partial charge in [0, 0.05) is 18.0 Å². The summed E-state index contributed by atoms with van der Waals surface area (Å²) in [6.45, 7) is 1.71. The number of halogens is 2. The lowest BCUT2D eigenvalue weighted by molar-refractivity contribution is -0.137. The summed E-state index contributed by atoms with van der Waals surface area (Å²) in [5, 5.41) is 16.9. The number of hydrogen-bond donors (Lipinski definition) is 4. The van der Waals surface area contributed by atoms with Crippen LogP contribution in [-0.2, 0) is 14.4 Å². The van der Waals surface area contributed by atoms with Gasteiger partial charge in [0.1, 0.15) is 17.6 Å². The maximum atomic E-state index is 13.5. The van der Waals surface area contributed by atoms with Gasteiger partial charge in [-0.25, -0.2) is 4.39 Å². The monoisotopic (exact) mass is 469 g/mol. The Morgan fingerprint density at radius 1 is 1.31 bits per heavy atom. The highest BCUT2D eigenvalue weighted by Crippen LogP contribution is 2.47. The first-order chi connectivity index (χ1) is 15.2. The van der Waals surface area contributed by atoms with E-state index in [4.69, 9.17) is 21.2 Å². The molecule has 10 heteroatoms. The molecule has 176 valence electrons. The second-order valence-electron chi connectivity index (χ2n) is 9.11. The van der Waals surface area contributed by atoms with Gasteiger partial charge in [0.15, 0.2) is 6.61 Å². The molecule has 1 aromatic rings. The molecule has 1 saturated heterocycles. The van der Waals surface area contributed by atoms with Crippen molar-refractivity contribution in [3.8, 4) is 5.75 Å². The normalized spacial score (nSPS) is 33.7. The fourth-order valence-corrected chi connectivity index (χ4v) is 5.11. The highest BCUT2D eigenvalue weighted by Gasteiger charge is 2.55. The number of benzene rings is 1. The van der Waals surface area contributed by atoms with E-state index in [9.17, 15) is 19.1 Å². The first kappa shape index (κ1) is 23.2. The van der Waals surface area contributed by atoms with Gasteiger partial charge in [-0.05, 0) is 50.7 Å². The molecule has 4 N–H and O–H groups in total. The van der Waals surface area contributed by atoms with Crippen molar-refractivity contribution >= 4 is 23.4 Å². The first-order valence-electron chi connectivity index (χ1n) is 11.0. The zero-order valence-corrected chi connectivity index (χ0v) is 18.7. The highest BCUT2D eigenvalue weighted by atomic mass is 35.5. The molecule has 32 heavy (non-hydrogen) atoms. The third-order valence-electron chi connectivity index (χ3n) is 7.01. The number of ether oxygens (including phenoxy) is 1. The minimum atomic E-state index is -0.793. The molecular weight excluding hydrogens is 441 g/mol. The predicted molar refractivity (Wildman–Crippen MR) is 114 cm³/mol. The van der Waals surface area contributed by atoms with Gasteiger partial charge in [-0.2, -0.15) is 5.48 Å². The van der Waals surface area contributed by atoms with Crippen molar-refractivity contribution in [3.05, 3.63) is 29.0 Å². The van der Waals surface area contributed by atoms with Gasteiger partial charge in [0.25, 0.3) is 5.91 Å². The van der Waals surface area contributed by atoms with Crippen molar-refractivity contribution in [3.63, 3.8) is 0 Å². The zero-order chi connectivity index (χ0) is 22.9. The van der Waals surface area contributed by atoms with E-state index in [1.165, 1.54) is 12.1 Å². The molecule has 0 radical (unpaired) electrons. The molecule has 1 aliphatic heterocycles. The van der Waals surface area contributed by atoms with E-state index in [1.807, 2.05) is 6.92 Å². The molecule has 4 aliphatic rings. The molecule has 3 saturated carbocycles. The molecule has 0 spiro atoms. The number of amides is 2. The van der Waals surface area contributed by atoms with Crippen LogP contribution in [0.1, 0.15) is 51.9 Å². The number of hydrogen-bond acceptors (Lipinski definition) is 6. The Balaban J connectivity index is 1.30. The maximum Gasteiger partial charge on any atom is 0.258 e. The summed E-state index contributed by atoms with van der Waals surface area (Å²) in [5.74, 6) is -0.934. The quantitative estimate of drug-likeness (QED) is 0.486. The van der Waals surface area contributed by atoms with Crippen LogP contribution >= 0.6 is 11.6 Å². The molecule has 4 fully saturated rings. The van der Waals surface area contributed by atoms with E-state index >= 15 is 0 Å². The minimum absolute atomic E-state index is 0.0229. The van der Waals surface area contributed by atoms with Crippen LogP contribution in [0.3, 0.4) is 0 Å². The van der Waals surface area contributed by atoms with Gasteiger partial charge >= 0.3 is 0 Å². The van der Waals surface area contributed by atoms with Crippen molar-refractivity contribution in [2.24, 2.45) is 0 Å². The van der Waals surface area contributed by atoms with Crippen molar-refractivity contribution in [1.29, 1.82) is 0 Å². The second-order valence-corrected chi connectivity index (χ2v) is 9.52. The summed E-state index contributed by atoms with van der Waals surface area (Å²) < 4.78 is 18.9. The summed E-state index contributed by atoms with van der Waals surface area (Å²) in [6, 6.07) is 3.57. The van der Waals surface area contributed by atoms with E-state index in [2.05, 4.69) is 16.1 Å². The number of fused-ring (bicyclic) bond motifs is 3. The largest absolute Gasteiger partial charge is 0.484 e. The summed E-state index contributed by atoms with van der Waals surface area (Å²) in [5.41, 5.74) is 1.57. The Morgan fingerprint density at radius 2 is 2.06 bits per heavy atom. The van der Waals surface area contributed by atoms with E-state index in [1.54, 1.807) is 0 Å². The maximum absolute atomic E-state index is 13.5. The van der Waals surface area contributed by atoms with E-state index < -0.39 is 34.9 Å². The van der Waals surface area contributed by atoms with Crippen LogP contribution in [0.15, 0.2) is 18.2 Å². The fraction of sp³-hybridized carbons (Fsp3) is 0.636. The van der Waals surface area contributed by atoms with Crippen LogP contribution in [0.5, 0.6) is 5.75 Å². The number of hydroxylamine groups is 1. The van der Waals surface area contributed by atoms with E-state index in [0.29, 0.717) is 38.5 Å². The molecule has 2 bridgehead atoms. The Morgan fingerprint density at radius 3 is 2.69 bits per heavy atom. The fourth-order valence-electron chi connectivity index (χ4n) is 4.99. The van der Waals surface area contributed by atoms with Gasteiger partial charge in [-0.3, -0.25) is 14.4 Å². The lowest BCUT2D eigenvalue weighted by Crippen LogP contribution is -2.71. The van der Waals surface area contributed by atoms with Crippen molar-refractivity contribution in [1.82, 2.24) is 16.1 Å². The minimum Gasteiger partial charge on any atom is -0.484 e. The van der Waals surface area contributed by atoms with Crippen LogP contribution in [0, 0.1) is 5.82 Å². The third kappa shape index (κ3) is 4.71. The van der Waals surface area contributed by atoms with Gasteiger partial charge in [0.2, 0.25) is 5.91 Å². The molecule has 3 aliphatic carbocycles. The molecule has 1 heterocycles. The Bertz CT molecular complexity index is 877. The van der Waals surface area contributed by atoms with Crippen LogP contribution in [0.25, 0.3) is 0 Å². The number of aliphatic hydroxyl groups is 1. The Labute approximate surface area is 191 Å². The lowest BCUT2D eigenvalue weighted by atomic mass is 9.59. The predicted octanol–water partition coefficient (Wildman–Crippen LogP) is 1.98. The standard InChI is InChI=1S/C22H29ClFN3O5/c1-2-13-10-17(27-32-13)20(30)26-21-5-7-22(8-6-21,18(28)11-21)25-19(29)12-31-14-3-4-15(23)16(24)9-14/h3-4,9,13,17-18,27-28H,2,5-8,10-12H2,1H3,(H,25,29)(H,26,30). The van der Waals surface area contributed by atoms with Crippen molar-refractivity contribution < 1.29 is 28.7 Å². The smallest absolute Gasteiger partial charge is 0.258 e. The van der Waals surface area contributed by atoms with Gasteiger partial charge in [0.05, 0.1) is 22.8 Å². The van der Waals surface area contributed by atoms with Gasteiger partial charge in [-0.15, -0.1) is 0 Å². The van der Waals surface area contributed by atoms with E-state index in [0.717, 1.165) is 12.5 Å². The molecule has 0 aromatic heterocycles. The second kappa shape index (κ2) is 9.13. The number of aliphatic hydroxyl groups excluding tert-OH is 1. The molecular formula is C22H29ClFN3O5. The van der Waals surface area contributed by atoms with E-state index in [-0.39, 0.29) is 29.4 Å². The van der Waals surface area contributed by atoms with Crippen LogP contribution in [-0.4, -0.2) is 52.9 Å². The van der Waals surface area contributed by atoms with Crippen LogP contribution in [0.4, 0.5) is 4.39 Å². The molecule has 3 atom stereocenters. The van der Waals surface area contributed by atoms with Crippen molar-refractivity contribution in [2.45, 2.75) is 81.2 Å². The molecule has 1 aromatic carbocycles. The Hall–Kier alpha value is -1.94. The van der Waals surface area contributed by atoms with Gasteiger partial charge < -0.3 is 20.5 Å². The third-order valence-corrected chi connectivity index (χ3v) is 7.31. The SMILES string of the molecule is CCC1CC(C(=O)NC23CCC(NC(=O)COc4ccc(Cl)c(F)c4)(CC2)C(O)C3)NO1. The summed E-state index contributed by atoms with van der Waals surface area (Å²) in [6.07, 6.45) is 3.46. The van der Waals surface area contributed by atoms with Crippen molar-refractivity contribution in [2.75, 3.05) is 6.61 Å². The van der Waals surface area contributed by atoms with Gasteiger partial charge in [-0.1, -0.05) is 18.5 Å². The molecule has 5 rings (SSSR count). The topological polar surface area (TPSA) is 109 Å². The van der Waals surface area contributed by atoms with Crippen LogP contribution < -0.4 is 20.9 Å². The number of nitrogens with one attached hydrogen (secondary N) is 3. The summed E-state index contributed by atoms with van der Waals surface area (Å²) in [7, 11) is 0. The average molecular weight is 470 g/mol.